The Morgan fingerprint density at radius 1 is 1.25 bits per heavy atom. The summed E-state index contributed by atoms with van der Waals surface area (Å²) in [5.41, 5.74) is 8.67. The number of benzene rings is 1. The van der Waals surface area contributed by atoms with E-state index in [4.69, 9.17) is 5.73 Å². The molecule has 0 bridgehead atoms. The SMILES string of the molecule is Cc1cc(NC(=O)C2(CN)CCCCC2)cc(C)c1Br. The van der Waals surface area contributed by atoms with Crippen molar-refractivity contribution in [1.82, 2.24) is 0 Å². The summed E-state index contributed by atoms with van der Waals surface area (Å²) >= 11 is 3.55. The molecule has 1 fully saturated rings. The molecule has 4 heteroatoms. The second-order valence-electron chi connectivity index (χ2n) is 5.92. The van der Waals surface area contributed by atoms with Crippen molar-refractivity contribution in [1.29, 1.82) is 0 Å². The highest BCUT2D eigenvalue weighted by Gasteiger charge is 2.38. The van der Waals surface area contributed by atoms with Crippen molar-refractivity contribution >= 4 is 27.5 Å². The van der Waals surface area contributed by atoms with E-state index in [-0.39, 0.29) is 11.3 Å². The predicted octanol–water partition coefficient (Wildman–Crippen LogP) is 3.91. The maximum atomic E-state index is 12.6. The van der Waals surface area contributed by atoms with E-state index in [0.717, 1.165) is 47.0 Å². The van der Waals surface area contributed by atoms with Gasteiger partial charge in [-0.1, -0.05) is 35.2 Å². The summed E-state index contributed by atoms with van der Waals surface area (Å²) in [5.74, 6) is 0.0841. The van der Waals surface area contributed by atoms with Gasteiger partial charge in [-0.25, -0.2) is 0 Å². The van der Waals surface area contributed by atoms with Crippen LogP contribution in [0.5, 0.6) is 0 Å². The number of hydrogen-bond acceptors (Lipinski definition) is 2. The highest BCUT2D eigenvalue weighted by molar-refractivity contribution is 9.10. The molecule has 1 aromatic rings. The van der Waals surface area contributed by atoms with Crippen molar-refractivity contribution < 1.29 is 4.79 Å². The lowest BCUT2D eigenvalue weighted by atomic mass is 9.73. The molecular weight excluding hydrogens is 316 g/mol. The van der Waals surface area contributed by atoms with E-state index in [1.54, 1.807) is 0 Å². The standard InChI is InChI=1S/C16H23BrN2O/c1-11-8-13(9-12(2)14(11)17)19-15(20)16(10-18)6-4-3-5-7-16/h8-9H,3-7,10,18H2,1-2H3,(H,19,20). The van der Waals surface area contributed by atoms with Gasteiger partial charge in [0.25, 0.3) is 0 Å². The summed E-state index contributed by atoms with van der Waals surface area (Å²) in [6, 6.07) is 4.00. The summed E-state index contributed by atoms with van der Waals surface area (Å²) in [4.78, 5) is 12.6. The van der Waals surface area contributed by atoms with Crippen LogP contribution in [-0.4, -0.2) is 12.5 Å². The minimum atomic E-state index is -0.368. The molecule has 0 aromatic heterocycles. The van der Waals surface area contributed by atoms with E-state index < -0.39 is 0 Å². The van der Waals surface area contributed by atoms with Crippen LogP contribution < -0.4 is 11.1 Å². The van der Waals surface area contributed by atoms with Crippen LogP contribution in [0.2, 0.25) is 0 Å². The monoisotopic (exact) mass is 338 g/mol. The van der Waals surface area contributed by atoms with Crippen LogP contribution in [0.1, 0.15) is 43.2 Å². The molecule has 2 rings (SSSR count). The van der Waals surface area contributed by atoms with Gasteiger partial charge in [0, 0.05) is 16.7 Å². The Morgan fingerprint density at radius 2 is 1.80 bits per heavy atom. The molecule has 0 spiro atoms. The number of nitrogens with one attached hydrogen (secondary N) is 1. The predicted molar refractivity (Wildman–Crippen MR) is 86.8 cm³/mol. The van der Waals surface area contributed by atoms with Crippen molar-refractivity contribution in [3.8, 4) is 0 Å². The van der Waals surface area contributed by atoms with Crippen molar-refractivity contribution in [2.75, 3.05) is 11.9 Å². The van der Waals surface area contributed by atoms with E-state index in [2.05, 4.69) is 21.2 Å². The number of aryl methyl sites for hydroxylation is 2. The summed E-state index contributed by atoms with van der Waals surface area (Å²) in [5, 5.41) is 3.07. The fourth-order valence-electron chi connectivity index (χ4n) is 3.03. The quantitative estimate of drug-likeness (QED) is 0.877. The lowest BCUT2D eigenvalue weighted by Gasteiger charge is -2.34. The molecule has 3 N–H and O–H groups in total. The molecule has 1 aliphatic carbocycles. The number of amides is 1. The smallest absolute Gasteiger partial charge is 0.231 e. The maximum absolute atomic E-state index is 12.6. The Hall–Kier alpha value is -0.870. The highest BCUT2D eigenvalue weighted by Crippen LogP contribution is 2.36. The first kappa shape index (κ1) is 15.5. The summed E-state index contributed by atoms with van der Waals surface area (Å²) < 4.78 is 1.10. The van der Waals surface area contributed by atoms with Crippen LogP contribution in [0.25, 0.3) is 0 Å². The number of carbonyl (C=O) groups is 1. The minimum Gasteiger partial charge on any atom is -0.329 e. The van der Waals surface area contributed by atoms with Gasteiger partial charge >= 0.3 is 0 Å². The normalized spacial score (nSPS) is 17.8. The Labute approximate surface area is 129 Å². The van der Waals surface area contributed by atoms with Gasteiger partial charge in [-0.3, -0.25) is 4.79 Å². The molecule has 110 valence electrons. The fourth-order valence-corrected chi connectivity index (χ4v) is 3.26. The number of carbonyl (C=O) groups excluding carboxylic acids is 1. The van der Waals surface area contributed by atoms with Crippen molar-refractivity contribution in [2.45, 2.75) is 46.0 Å². The number of anilines is 1. The van der Waals surface area contributed by atoms with Gasteiger partial charge in [0.05, 0.1) is 5.41 Å². The lowest BCUT2D eigenvalue weighted by molar-refractivity contribution is -0.126. The van der Waals surface area contributed by atoms with Gasteiger partial charge in [-0.15, -0.1) is 0 Å². The molecule has 3 nitrogen and oxygen atoms in total. The van der Waals surface area contributed by atoms with Gasteiger partial charge in [-0.2, -0.15) is 0 Å². The molecule has 1 amide bonds. The van der Waals surface area contributed by atoms with Gasteiger partial charge in [0.15, 0.2) is 0 Å². The van der Waals surface area contributed by atoms with Crippen LogP contribution >= 0.6 is 15.9 Å². The molecule has 1 aromatic carbocycles. The van der Waals surface area contributed by atoms with Crippen LogP contribution in [0, 0.1) is 19.3 Å². The second-order valence-corrected chi connectivity index (χ2v) is 6.72. The summed E-state index contributed by atoms with van der Waals surface area (Å²) in [7, 11) is 0. The third kappa shape index (κ3) is 3.07. The van der Waals surface area contributed by atoms with Crippen LogP contribution in [0.15, 0.2) is 16.6 Å². The topological polar surface area (TPSA) is 55.1 Å². The number of rotatable bonds is 3. The van der Waals surface area contributed by atoms with Crippen molar-refractivity contribution in [3.63, 3.8) is 0 Å². The van der Waals surface area contributed by atoms with Gasteiger partial charge in [0.2, 0.25) is 5.91 Å². The molecule has 0 unspecified atom stereocenters. The largest absolute Gasteiger partial charge is 0.329 e. The maximum Gasteiger partial charge on any atom is 0.231 e. The van der Waals surface area contributed by atoms with Gasteiger partial charge in [0.1, 0.15) is 0 Å². The number of nitrogens with two attached hydrogens (primary N) is 1. The first-order valence-electron chi connectivity index (χ1n) is 7.27. The van der Waals surface area contributed by atoms with Gasteiger partial charge < -0.3 is 11.1 Å². The molecule has 0 saturated heterocycles. The zero-order valence-corrected chi connectivity index (χ0v) is 13.8. The van der Waals surface area contributed by atoms with Crippen LogP contribution in [0.4, 0.5) is 5.69 Å². The minimum absolute atomic E-state index is 0.0841. The fraction of sp³-hybridized carbons (Fsp3) is 0.562. The summed E-state index contributed by atoms with van der Waals surface area (Å²) in [6.07, 6.45) is 5.23. The van der Waals surface area contributed by atoms with E-state index in [0.29, 0.717) is 6.54 Å². The van der Waals surface area contributed by atoms with Gasteiger partial charge in [-0.05, 0) is 49.9 Å². The Morgan fingerprint density at radius 3 is 2.30 bits per heavy atom. The van der Waals surface area contributed by atoms with E-state index in [1.807, 2.05) is 26.0 Å². The number of hydrogen-bond donors (Lipinski definition) is 2. The van der Waals surface area contributed by atoms with Crippen LogP contribution in [-0.2, 0) is 4.79 Å². The first-order valence-corrected chi connectivity index (χ1v) is 8.06. The Balaban J connectivity index is 2.18. The highest BCUT2D eigenvalue weighted by atomic mass is 79.9. The van der Waals surface area contributed by atoms with E-state index >= 15 is 0 Å². The molecule has 1 saturated carbocycles. The van der Waals surface area contributed by atoms with E-state index in [1.165, 1.54) is 6.42 Å². The molecular formula is C16H23BrN2O. The molecule has 0 atom stereocenters. The zero-order chi connectivity index (χ0) is 14.8. The average Bonchev–Trinajstić information content (AvgIpc) is 2.45. The first-order chi connectivity index (χ1) is 9.48. The molecule has 0 radical (unpaired) electrons. The van der Waals surface area contributed by atoms with Crippen LogP contribution in [0.3, 0.4) is 0 Å². The molecule has 20 heavy (non-hydrogen) atoms. The van der Waals surface area contributed by atoms with E-state index in [9.17, 15) is 4.79 Å². The molecule has 0 aliphatic heterocycles. The molecule has 1 aliphatic rings. The van der Waals surface area contributed by atoms with Crippen molar-refractivity contribution in [2.24, 2.45) is 11.1 Å². The zero-order valence-electron chi connectivity index (χ0n) is 12.3. The average molecular weight is 339 g/mol. The number of halogens is 1. The second kappa shape index (κ2) is 6.27. The van der Waals surface area contributed by atoms with Crippen molar-refractivity contribution in [3.05, 3.63) is 27.7 Å². The summed E-state index contributed by atoms with van der Waals surface area (Å²) in [6.45, 7) is 4.51. The third-order valence-electron chi connectivity index (χ3n) is 4.38. The lowest BCUT2D eigenvalue weighted by Crippen LogP contribution is -2.43. The molecule has 0 heterocycles. The Kier molecular flexibility index (Phi) is 4.86. The Bertz CT molecular complexity index is 484. The third-order valence-corrected chi connectivity index (χ3v) is 5.63.